The Bertz CT molecular complexity index is 2200. The van der Waals surface area contributed by atoms with Gasteiger partial charge in [-0.15, -0.1) is 0 Å². The van der Waals surface area contributed by atoms with Crippen molar-refractivity contribution in [3.05, 3.63) is 98.9 Å². The molecule has 5 rings (SSSR count). The first-order valence-electron chi connectivity index (χ1n) is 17.9. The van der Waals surface area contributed by atoms with Crippen molar-refractivity contribution in [3.63, 3.8) is 0 Å². The van der Waals surface area contributed by atoms with Crippen LogP contribution in [0.5, 0.6) is 0 Å². The number of nitrogens with one attached hydrogen (secondary N) is 5. The number of benzene rings is 3. The summed E-state index contributed by atoms with van der Waals surface area (Å²) in [6.45, 7) is 2.71. The van der Waals surface area contributed by atoms with Crippen molar-refractivity contribution in [2.24, 2.45) is 12.8 Å². The Kier molecular flexibility index (Phi) is 13.2. The van der Waals surface area contributed by atoms with E-state index < -0.39 is 34.5 Å². The predicted molar refractivity (Wildman–Crippen MR) is 209 cm³/mol. The summed E-state index contributed by atoms with van der Waals surface area (Å²) in [5.41, 5.74) is 5.66. The van der Waals surface area contributed by atoms with Gasteiger partial charge in [-0.2, -0.15) is 0 Å². The number of nitro benzene ring substituents is 1. The van der Waals surface area contributed by atoms with Crippen LogP contribution in [-0.2, 0) is 11.8 Å². The van der Waals surface area contributed by atoms with Gasteiger partial charge in [-0.05, 0) is 62.8 Å². The maximum atomic E-state index is 14.0. The molecule has 2 heterocycles. The molecule has 294 valence electrons. The van der Waals surface area contributed by atoms with E-state index in [9.17, 15) is 38.9 Å². The van der Waals surface area contributed by atoms with Crippen molar-refractivity contribution in [1.82, 2.24) is 30.7 Å². The second-order valence-electron chi connectivity index (χ2n) is 13.4. The lowest BCUT2D eigenvalue weighted by Gasteiger charge is -2.27. The van der Waals surface area contributed by atoms with E-state index in [2.05, 4.69) is 26.6 Å². The zero-order chi connectivity index (χ0) is 40.5. The van der Waals surface area contributed by atoms with E-state index in [0.29, 0.717) is 42.9 Å². The summed E-state index contributed by atoms with van der Waals surface area (Å²) < 4.78 is 1.59. The van der Waals surface area contributed by atoms with Gasteiger partial charge in [0.2, 0.25) is 5.91 Å². The normalized spacial score (nSPS) is 12.2. The topological polar surface area (TPSA) is 243 Å². The maximum absolute atomic E-state index is 14.0. The van der Waals surface area contributed by atoms with Crippen LogP contribution >= 0.6 is 0 Å². The average molecular weight is 769 g/mol. The van der Waals surface area contributed by atoms with Crippen LogP contribution in [0.4, 0.5) is 17.1 Å². The summed E-state index contributed by atoms with van der Waals surface area (Å²) in [5.74, 6) is -3.67. The molecule has 56 heavy (non-hydrogen) atoms. The van der Waals surface area contributed by atoms with Gasteiger partial charge in [0.15, 0.2) is 0 Å². The summed E-state index contributed by atoms with van der Waals surface area (Å²) in [6, 6.07) is 12.3. The van der Waals surface area contributed by atoms with Crippen LogP contribution in [-0.4, -0.2) is 110 Å². The molecule has 3 aromatic carbocycles. The Morgan fingerprint density at radius 2 is 1.50 bits per heavy atom. The van der Waals surface area contributed by atoms with Gasteiger partial charge < -0.3 is 41.8 Å². The first-order chi connectivity index (χ1) is 26.8. The number of hydrogen-bond donors (Lipinski definition) is 6. The highest BCUT2D eigenvalue weighted by atomic mass is 16.6. The zero-order valence-electron chi connectivity index (χ0n) is 31.3. The van der Waals surface area contributed by atoms with Gasteiger partial charge in [-0.25, -0.2) is 4.90 Å². The Morgan fingerprint density at radius 3 is 2.18 bits per heavy atom. The van der Waals surface area contributed by atoms with Gasteiger partial charge in [0.05, 0.1) is 21.9 Å². The second kappa shape index (κ2) is 18.2. The Hall–Kier alpha value is -6.50. The molecule has 1 aliphatic heterocycles. The predicted octanol–water partition coefficient (Wildman–Crippen LogP) is 1.61. The van der Waals surface area contributed by atoms with Crippen LogP contribution in [0.15, 0.2) is 60.8 Å². The van der Waals surface area contributed by atoms with Gasteiger partial charge in [0.1, 0.15) is 5.69 Å². The molecule has 18 heteroatoms. The van der Waals surface area contributed by atoms with Crippen molar-refractivity contribution in [3.8, 4) is 0 Å². The van der Waals surface area contributed by atoms with E-state index in [1.54, 1.807) is 29.9 Å². The third kappa shape index (κ3) is 9.59. The molecule has 0 unspecified atom stereocenters. The van der Waals surface area contributed by atoms with Gasteiger partial charge in [-0.1, -0.05) is 12.1 Å². The summed E-state index contributed by atoms with van der Waals surface area (Å²) in [5, 5.41) is 26.3. The lowest BCUT2D eigenvalue weighted by atomic mass is 9.92. The lowest BCUT2D eigenvalue weighted by molar-refractivity contribution is -0.384. The number of aryl methyl sites for hydroxylation is 1. The number of aromatic nitrogens is 1. The number of non-ortho nitro benzene ring substituents is 1. The first-order valence-corrected chi connectivity index (χ1v) is 17.9. The third-order valence-corrected chi connectivity index (χ3v) is 8.87. The molecule has 0 aliphatic carbocycles. The molecule has 0 saturated heterocycles. The van der Waals surface area contributed by atoms with E-state index in [1.807, 2.05) is 19.0 Å². The molecule has 4 aromatic rings. The summed E-state index contributed by atoms with van der Waals surface area (Å²) in [6.07, 6.45) is 2.22. The Balaban J connectivity index is 1.32. The number of nitrogens with zero attached hydrogens (tertiary/aromatic N) is 4. The monoisotopic (exact) mass is 768 g/mol. The smallest absolute Gasteiger partial charge is 0.270 e. The molecule has 6 amide bonds. The largest absolute Gasteiger partial charge is 0.352 e. The molecule has 0 spiro atoms. The van der Waals surface area contributed by atoms with Crippen LogP contribution in [0.3, 0.4) is 0 Å². The number of amides is 6. The molecule has 0 saturated carbocycles. The van der Waals surface area contributed by atoms with Crippen molar-refractivity contribution < 1.29 is 33.7 Å². The quantitative estimate of drug-likeness (QED) is 0.0368. The first kappa shape index (κ1) is 40.7. The number of rotatable bonds is 18. The molecule has 18 nitrogen and oxygen atoms in total. The highest BCUT2D eigenvalue weighted by molar-refractivity contribution is 6.36. The number of carbonyl (C=O) groups excluding carboxylic acids is 6. The van der Waals surface area contributed by atoms with E-state index in [4.69, 9.17) is 5.73 Å². The van der Waals surface area contributed by atoms with Crippen molar-refractivity contribution in [2.45, 2.75) is 12.8 Å². The number of imide groups is 1. The van der Waals surface area contributed by atoms with Gasteiger partial charge >= 0.3 is 0 Å². The fraction of sp³-hybridized carbons (Fsp3) is 0.316. The van der Waals surface area contributed by atoms with Gasteiger partial charge in [0, 0.05) is 93.1 Å². The SMILES string of the molecule is CN(C)CCCNC(=O)c1cc(NC(=O)CCNC(=O)c2cc(C(=O)NCCNCCN)cc(N3C(=O)c4cccc5cc([N+](=O)[O-])cc(c45)C3=O)c2)cn1C. The summed E-state index contributed by atoms with van der Waals surface area (Å²) in [4.78, 5) is 94.0. The van der Waals surface area contributed by atoms with Crippen LogP contribution in [0.25, 0.3) is 10.8 Å². The van der Waals surface area contributed by atoms with Gasteiger partial charge in [0.25, 0.3) is 35.2 Å². The van der Waals surface area contributed by atoms with Crippen LogP contribution in [0.1, 0.15) is 64.8 Å². The van der Waals surface area contributed by atoms with Crippen molar-refractivity contribution in [2.75, 3.05) is 70.1 Å². The summed E-state index contributed by atoms with van der Waals surface area (Å²) in [7, 11) is 5.57. The summed E-state index contributed by atoms with van der Waals surface area (Å²) >= 11 is 0. The fourth-order valence-electron chi connectivity index (χ4n) is 6.19. The number of carbonyl (C=O) groups is 6. The molecule has 0 bridgehead atoms. The molecule has 0 atom stereocenters. The number of nitro groups is 1. The minimum atomic E-state index is -0.875. The maximum Gasteiger partial charge on any atom is 0.270 e. The van der Waals surface area contributed by atoms with Crippen molar-refractivity contribution >= 4 is 63.3 Å². The van der Waals surface area contributed by atoms with Crippen molar-refractivity contribution in [1.29, 1.82) is 0 Å². The van der Waals surface area contributed by atoms with Crippen LogP contribution < -0.4 is 37.2 Å². The third-order valence-electron chi connectivity index (χ3n) is 8.87. The molecule has 0 fully saturated rings. The van der Waals surface area contributed by atoms with Crippen LogP contribution in [0, 0.1) is 10.1 Å². The van der Waals surface area contributed by atoms with E-state index in [0.717, 1.165) is 23.9 Å². The minimum absolute atomic E-state index is 0.0468. The fourth-order valence-corrected chi connectivity index (χ4v) is 6.19. The Labute approximate surface area is 321 Å². The lowest BCUT2D eigenvalue weighted by Crippen LogP contribution is -2.41. The molecule has 0 radical (unpaired) electrons. The minimum Gasteiger partial charge on any atom is -0.352 e. The highest BCUT2D eigenvalue weighted by Gasteiger charge is 2.36. The van der Waals surface area contributed by atoms with E-state index in [1.165, 1.54) is 36.4 Å². The number of hydrogen-bond acceptors (Lipinski definition) is 11. The highest BCUT2D eigenvalue weighted by Crippen LogP contribution is 2.36. The molecule has 1 aliphatic rings. The Morgan fingerprint density at radius 1 is 0.821 bits per heavy atom. The van der Waals surface area contributed by atoms with Gasteiger partial charge in [-0.3, -0.25) is 38.9 Å². The molecular weight excluding hydrogens is 724 g/mol. The van der Waals surface area contributed by atoms with Crippen LogP contribution in [0.2, 0.25) is 0 Å². The standard InChI is InChI=1S/C38H44N10O8/c1-45(2)15-5-10-41-36(52)31-20-26(22-46(31)3)44-32(49)8-11-42-34(50)24-16-25(35(51)43-14-13-40-12-9-39)19-27(18-24)47-37(53)29-7-4-6-23-17-28(48(55)56)21-30(33(23)29)38(47)54/h4,6-7,16-22,40H,5,8-15,39H2,1-3H3,(H,41,52)(H,42,50)(H,43,51)(H,44,49). The zero-order valence-corrected chi connectivity index (χ0v) is 31.3. The number of anilines is 2. The molecular formula is C38H44N10O8. The average Bonchev–Trinajstić information content (AvgIpc) is 3.53. The molecule has 7 N–H and O–H groups in total. The second-order valence-corrected chi connectivity index (χ2v) is 13.4. The van der Waals surface area contributed by atoms with E-state index in [-0.39, 0.29) is 64.4 Å². The number of nitrogens with two attached hydrogens (primary N) is 1. The molecule has 1 aromatic heterocycles. The van der Waals surface area contributed by atoms with E-state index >= 15 is 0 Å².